The number of carbonyl (C=O) groups excluding carboxylic acids is 2. The zero-order valence-corrected chi connectivity index (χ0v) is 11.4. The molecule has 0 amide bonds. The van der Waals surface area contributed by atoms with Crippen LogP contribution in [0, 0.1) is 5.92 Å². The van der Waals surface area contributed by atoms with E-state index in [1.165, 1.54) is 13.8 Å². The van der Waals surface area contributed by atoms with E-state index in [1.807, 2.05) is 19.9 Å². The minimum atomic E-state index is -0.574. The SMILES string of the molecule is CC(=O)C(Cc1ccc(O)c(C(C)C)c1)C(C)=O. The molecule has 0 bridgehead atoms. The summed E-state index contributed by atoms with van der Waals surface area (Å²) in [4.78, 5) is 22.8. The average Bonchev–Trinajstić information content (AvgIpc) is 2.26. The number of benzene rings is 1. The van der Waals surface area contributed by atoms with Crippen LogP contribution in [0.2, 0.25) is 0 Å². The third-order valence-electron chi connectivity index (χ3n) is 3.14. The first-order chi connectivity index (χ1) is 8.32. The van der Waals surface area contributed by atoms with Gasteiger partial charge in [-0.15, -0.1) is 0 Å². The van der Waals surface area contributed by atoms with Crippen LogP contribution in [-0.4, -0.2) is 16.7 Å². The van der Waals surface area contributed by atoms with Crippen molar-refractivity contribution < 1.29 is 14.7 Å². The molecule has 0 unspecified atom stereocenters. The molecule has 1 N–H and O–H groups in total. The molecule has 1 aromatic rings. The second-order valence-electron chi connectivity index (χ2n) is 5.03. The van der Waals surface area contributed by atoms with Gasteiger partial charge < -0.3 is 5.11 Å². The van der Waals surface area contributed by atoms with E-state index in [4.69, 9.17) is 0 Å². The van der Waals surface area contributed by atoms with Gasteiger partial charge >= 0.3 is 0 Å². The van der Waals surface area contributed by atoms with Crippen molar-refractivity contribution in [2.75, 3.05) is 0 Å². The van der Waals surface area contributed by atoms with Crippen LogP contribution < -0.4 is 0 Å². The summed E-state index contributed by atoms with van der Waals surface area (Å²) in [5.41, 5.74) is 1.75. The molecule has 0 radical (unpaired) electrons. The van der Waals surface area contributed by atoms with Crippen LogP contribution in [0.15, 0.2) is 18.2 Å². The van der Waals surface area contributed by atoms with Gasteiger partial charge in [0.1, 0.15) is 17.3 Å². The fourth-order valence-electron chi connectivity index (χ4n) is 2.00. The molecule has 0 saturated heterocycles. The third kappa shape index (κ3) is 3.42. The number of phenols is 1. The summed E-state index contributed by atoms with van der Waals surface area (Å²) in [7, 11) is 0. The maximum Gasteiger partial charge on any atom is 0.140 e. The van der Waals surface area contributed by atoms with Crippen molar-refractivity contribution in [3.05, 3.63) is 29.3 Å². The Morgan fingerprint density at radius 3 is 2.17 bits per heavy atom. The number of rotatable bonds is 5. The average molecular weight is 248 g/mol. The quantitative estimate of drug-likeness (QED) is 0.815. The number of ketones is 2. The lowest BCUT2D eigenvalue weighted by atomic mass is 9.90. The molecule has 0 saturated carbocycles. The van der Waals surface area contributed by atoms with Crippen LogP contribution in [-0.2, 0) is 16.0 Å². The molecule has 0 atom stereocenters. The van der Waals surface area contributed by atoms with Gasteiger partial charge in [0.05, 0.1) is 5.92 Å². The summed E-state index contributed by atoms with van der Waals surface area (Å²) < 4.78 is 0. The molecule has 3 nitrogen and oxygen atoms in total. The van der Waals surface area contributed by atoms with E-state index in [-0.39, 0.29) is 23.2 Å². The molecule has 0 spiro atoms. The van der Waals surface area contributed by atoms with Crippen LogP contribution in [0.3, 0.4) is 0 Å². The second kappa shape index (κ2) is 5.80. The van der Waals surface area contributed by atoms with Crippen molar-refractivity contribution in [1.82, 2.24) is 0 Å². The maximum absolute atomic E-state index is 11.4. The van der Waals surface area contributed by atoms with E-state index in [0.717, 1.165) is 11.1 Å². The van der Waals surface area contributed by atoms with Crippen molar-refractivity contribution >= 4 is 11.6 Å². The van der Waals surface area contributed by atoms with Gasteiger partial charge in [-0.1, -0.05) is 26.0 Å². The van der Waals surface area contributed by atoms with E-state index in [9.17, 15) is 14.7 Å². The summed E-state index contributed by atoms with van der Waals surface area (Å²) in [5.74, 6) is -0.327. The van der Waals surface area contributed by atoms with E-state index in [0.29, 0.717) is 6.42 Å². The Morgan fingerprint density at radius 1 is 1.17 bits per heavy atom. The van der Waals surface area contributed by atoms with Gasteiger partial charge in [-0.2, -0.15) is 0 Å². The Kier molecular flexibility index (Phi) is 4.65. The zero-order valence-electron chi connectivity index (χ0n) is 11.4. The summed E-state index contributed by atoms with van der Waals surface area (Å²) in [6.07, 6.45) is 0.407. The molecule has 0 aliphatic carbocycles. The van der Waals surface area contributed by atoms with Gasteiger partial charge in [0.2, 0.25) is 0 Å². The first-order valence-corrected chi connectivity index (χ1v) is 6.15. The molecular formula is C15H20O3. The summed E-state index contributed by atoms with van der Waals surface area (Å²) in [5, 5.41) is 9.72. The highest BCUT2D eigenvalue weighted by Gasteiger charge is 2.20. The van der Waals surface area contributed by atoms with Gasteiger partial charge in [0.25, 0.3) is 0 Å². The molecule has 0 fully saturated rings. The standard InChI is InChI=1S/C15H20O3/c1-9(2)13-7-12(5-6-15(13)18)8-14(10(3)16)11(4)17/h5-7,9,14,18H,8H2,1-4H3. The lowest BCUT2D eigenvalue weighted by Gasteiger charge is -2.13. The zero-order chi connectivity index (χ0) is 13.9. The number of phenolic OH excluding ortho intramolecular Hbond substituents is 1. The van der Waals surface area contributed by atoms with Crippen molar-refractivity contribution in [2.45, 2.75) is 40.0 Å². The van der Waals surface area contributed by atoms with Crippen molar-refractivity contribution in [3.63, 3.8) is 0 Å². The number of carbonyl (C=O) groups is 2. The third-order valence-corrected chi connectivity index (χ3v) is 3.14. The number of hydrogen-bond acceptors (Lipinski definition) is 3. The Balaban J connectivity index is 3.01. The van der Waals surface area contributed by atoms with Crippen molar-refractivity contribution in [3.8, 4) is 5.75 Å². The molecule has 18 heavy (non-hydrogen) atoms. The molecule has 0 heterocycles. The summed E-state index contributed by atoms with van der Waals surface area (Å²) in [6.45, 7) is 6.87. The molecule has 0 aliphatic rings. The van der Waals surface area contributed by atoms with Gasteiger partial charge in [-0.3, -0.25) is 9.59 Å². The highest BCUT2D eigenvalue weighted by atomic mass is 16.3. The number of hydrogen-bond donors (Lipinski definition) is 1. The number of Topliss-reactive ketones (excluding diaryl/α,β-unsaturated/α-hetero) is 2. The molecular weight excluding hydrogens is 228 g/mol. The molecule has 3 heteroatoms. The van der Waals surface area contributed by atoms with Crippen LogP contribution >= 0.6 is 0 Å². The van der Waals surface area contributed by atoms with Gasteiger partial charge in [0, 0.05) is 0 Å². The van der Waals surface area contributed by atoms with Gasteiger partial charge in [-0.05, 0) is 43.4 Å². The minimum Gasteiger partial charge on any atom is -0.508 e. The molecule has 0 aromatic heterocycles. The predicted molar refractivity (Wildman–Crippen MR) is 70.8 cm³/mol. The van der Waals surface area contributed by atoms with E-state index >= 15 is 0 Å². The van der Waals surface area contributed by atoms with Crippen LogP contribution in [0.5, 0.6) is 5.75 Å². The van der Waals surface area contributed by atoms with Gasteiger partial charge in [0.15, 0.2) is 0 Å². The van der Waals surface area contributed by atoms with Crippen molar-refractivity contribution in [2.24, 2.45) is 5.92 Å². The predicted octanol–water partition coefficient (Wildman–Crippen LogP) is 2.85. The van der Waals surface area contributed by atoms with Crippen LogP contribution in [0.1, 0.15) is 44.7 Å². The lowest BCUT2D eigenvalue weighted by molar-refractivity contribution is -0.130. The first kappa shape index (κ1) is 14.4. The molecule has 98 valence electrons. The van der Waals surface area contributed by atoms with Gasteiger partial charge in [-0.25, -0.2) is 0 Å². The maximum atomic E-state index is 11.4. The summed E-state index contributed by atoms with van der Waals surface area (Å²) >= 11 is 0. The normalized spacial score (nSPS) is 11.0. The Bertz CT molecular complexity index is 447. The van der Waals surface area contributed by atoms with E-state index in [2.05, 4.69) is 0 Å². The highest BCUT2D eigenvalue weighted by Crippen LogP contribution is 2.27. The molecule has 0 aliphatic heterocycles. The van der Waals surface area contributed by atoms with E-state index in [1.54, 1.807) is 12.1 Å². The fraction of sp³-hybridized carbons (Fsp3) is 0.467. The monoisotopic (exact) mass is 248 g/mol. The number of aromatic hydroxyl groups is 1. The smallest absolute Gasteiger partial charge is 0.140 e. The first-order valence-electron chi connectivity index (χ1n) is 6.15. The minimum absolute atomic E-state index is 0.110. The van der Waals surface area contributed by atoms with Crippen LogP contribution in [0.4, 0.5) is 0 Å². The highest BCUT2D eigenvalue weighted by molar-refractivity contribution is 6.00. The van der Waals surface area contributed by atoms with E-state index < -0.39 is 5.92 Å². The Hall–Kier alpha value is -1.64. The molecule has 1 aromatic carbocycles. The Morgan fingerprint density at radius 2 is 1.72 bits per heavy atom. The van der Waals surface area contributed by atoms with Crippen molar-refractivity contribution in [1.29, 1.82) is 0 Å². The topological polar surface area (TPSA) is 54.4 Å². The van der Waals surface area contributed by atoms with Crippen LogP contribution in [0.25, 0.3) is 0 Å². The molecule has 1 rings (SSSR count). The lowest BCUT2D eigenvalue weighted by Crippen LogP contribution is -2.21. The Labute approximate surface area is 108 Å². The fourth-order valence-corrected chi connectivity index (χ4v) is 2.00. The summed E-state index contributed by atoms with van der Waals surface area (Å²) in [6, 6.07) is 5.26. The largest absolute Gasteiger partial charge is 0.508 e. The second-order valence-corrected chi connectivity index (χ2v) is 5.03.